The lowest BCUT2D eigenvalue weighted by Gasteiger charge is -2.25. The van der Waals surface area contributed by atoms with Crippen LogP contribution in [0.15, 0.2) is 48.0 Å². The molecule has 6 nitrogen and oxygen atoms in total. The number of methoxy groups -OCH3 is 1. The highest BCUT2D eigenvalue weighted by Gasteiger charge is 2.45. The SMILES string of the molecule is CCOc1ccc(C(O)=C2C(=O)C(=O)N(CCOC)[C@H]2c2ccc(C)cc2)cc1Cl. The number of ether oxygens (including phenoxy) is 2. The number of carbonyl (C=O) groups is 2. The number of Topliss-reactive ketones (excluding diaryl/α,β-unsaturated/α-hetero) is 1. The minimum atomic E-state index is -0.737. The van der Waals surface area contributed by atoms with Crippen molar-refractivity contribution >= 4 is 29.1 Å². The van der Waals surface area contributed by atoms with Crippen molar-refractivity contribution in [3.63, 3.8) is 0 Å². The summed E-state index contributed by atoms with van der Waals surface area (Å²) in [4.78, 5) is 27.1. The molecular weight excluding hydrogens is 406 g/mol. The van der Waals surface area contributed by atoms with Crippen molar-refractivity contribution < 1.29 is 24.2 Å². The lowest BCUT2D eigenvalue weighted by atomic mass is 9.94. The number of ketones is 1. The monoisotopic (exact) mass is 429 g/mol. The summed E-state index contributed by atoms with van der Waals surface area (Å²) in [5.41, 5.74) is 2.14. The highest BCUT2D eigenvalue weighted by Crippen LogP contribution is 2.40. The molecule has 1 amide bonds. The molecule has 0 aliphatic carbocycles. The van der Waals surface area contributed by atoms with Crippen LogP contribution in [0.3, 0.4) is 0 Å². The Kier molecular flexibility index (Phi) is 6.80. The molecular formula is C23H24ClNO5. The van der Waals surface area contributed by atoms with E-state index >= 15 is 0 Å². The molecule has 0 unspecified atom stereocenters. The normalized spacial score (nSPS) is 18.1. The summed E-state index contributed by atoms with van der Waals surface area (Å²) >= 11 is 6.25. The van der Waals surface area contributed by atoms with E-state index in [0.29, 0.717) is 22.9 Å². The van der Waals surface area contributed by atoms with Crippen molar-refractivity contribution in [2.75, 3.05) is 26.9 Å². The smallest absolute Gasteiger partial charge is 0.295 e. The minimum absolute atomic E-state index is 0.0279. The van der Waals surface area contributed by atoms with Crippen molar-refractivity contribution in [3.05, 3.63) is 69.8 Å². The number of carbonyl (C=O) groups excluding carboxylic acids is 2. The summed E-state index contributed by atoms with van der Waals surface area (Å²) in [6.07, 6.45) is 0. The summed E-state index contributed by atoms with van der Waals surface area (Å²) in [5.74, 6) is -1.20. The Morgan fingerprint density at radius 2 is 1.87 bits per heavy atom. The number of benzene rings is 2. The number of nitrogens with zero attached hydrogens (tertiary/aromatic N) is 1. The van der Waals surface area contributed by atoms with Gasteiger partial charge in [-0.15, -0.1) is 0 Å². The van der Waals surface area contributed by atoms with E-state index < -0.39 is 17.7 Å². The number of rotatable bonds is 7. The molecule has 0 aromatic heterocycles. The number of aliphatic hydroxyl groups excluding tert-OH is 1. The van der Waals surface area contributed by atoms with Gasteiger partial charge in [0.15, 0.2) is 0 Å². The largest absolute Gasteiger partial charge is 0.507 e. The Bertz CT molecular complexity index is 984. The van der Waals surface area contributed by atoms with Crippen molar-refractivity contribution in [1.82, 2.24) is 4.90 Å². The van der Waals surface area contributed by atoms with E-state index in [1.807, 2.05) is 38.1 Å². The molecule has 0 bridgehead atoms. The van der Waals surface area contributed by atoms with Gasteiger partial charge in [0.1, 0.15) is 11.5 Å². The molecule has 1 atom stereocenters. The fraction of sp³-hybridized carbons (Fsp3) is 0.304. The zero-order valence-corrected chi connectivity index (χ0v) is 17.9. The molecule has 158 valence electrons. The van der Waals surface area contributed by atoms with E-state index in [2.05, 4.69) is 0 Å². The fourth-order valence-corrected chi connectivity index (χ4v) is 3.71. The molecule has 0 radical (unpaired) electrons. The molecule has 1 saturated heterocycles. The van der Waals surface area contributed by atoms with Crippen molar-refractivity contribution in [2.24, 2.45) is 0 Å². The van der Waals surface area contributed by atoms with Crippen LogP contribution in [0.1, 0.15) is 29.7 Å². The van der Waals surface area contributed by atoms with Crippen LogP contribution >= 0.6 is 11.6 Å². The number of amides is 1. The molecule has 0 saturated carbocycles. The maximum atomic E-state index is 12.9. The van der Waals surface area contributed by atoms with Crippen molar-refractivity contribution in [3.8, 4) is 5.75 Å². The van der Waals surface area contributed by atoms with Gasteiger partial charge < -0.3 is 19.5 Å². The molecule has 2 aromatic carbocycles. The third kappa shape index (κ3) is 4.20. The average molecular weight is 430 g/mol. The van der Waals surface area contributed by atoms with Gasteiger partial charge in [-0.3, -0.25) is 9.59 Å². The maximum absolute atomic E-state index is 12.9. The van der Waals surface area contributed by atoms with Crippen LogP contribution < -0.4 is 4.74 Å². The summed E-state index contributed by atoms with van der Waals surface area (Å²) in [5, 5.41) is 11.3. The zero-order chi connectivity index (χ0) is 21.8. The predicted molar refractivity (Wildman–Crippen MR) is 115 cm³/mol. The maximum Gasteiger partial charge on any atom is 0.295 e. The van der Waals surface area contributed by atoms with Gasteiger partial charge in [-0.1, -0.05) is 41.4 Å². The lowest BCUT2D eigenvalue weighted by molar-refractivity contribution is -0.140. The first-order chi connectivity index (χ1) is 14.4. The summed E-state index contributed by atoms with van der Waals surface area (Å²) < 4.78 is 10.5. The van der Waals surface area contributed by atoms with Crippen LogP contribution in [-0.4, -0.2) is 48.6 Å². The molecule has 30 heavy (non-hydrogen) atoms. The Hall–Kier alpha value is -2.83. The van der Waals surface area contributed by atoms with Gasteiger partial charge in [0, 0.05) is 19.2 Å². The number of hydrogen-bond acceptors (Lipinski definition) is 5. The third-order valence-electron chi connectivity index (χ3n) is 4.97. The van der Waals surface area contributed by atoms with Crippen LogP contribution in [0, 0.1) is 6.92 Å². The van der Waals surface area contributed by atoms with Gasteiger partial charge in [-0.2, -0.15) is 0 Å². The van der Waals surface area contributed by atoms with Crippen molar-refractivity contribution in [2.45, 2.75) is 19.9 Å². The molecule has 1 aliphatic heterocycles. The molecule has 1 N–H and O–H groups in total. The van der Waals surface area contributed by atoms with Crippen LogP contribution in [0.4, 0.5) is 0 Å². The van der Waals surface area contributed by atoms with Crippen LogP contribution in [0.2, 0.25) is 5.02 Å². The Labute approximate surface area is 180 Å². The highest BCUT2D eigenvalue weighted by molar-refractivity contribution is 6.46. The van der Waals surface area contributed by atoms with E-state index in [1.54, 1.807) is 12.1 Å². The predicted octanol–water partition coefficient (Wildman–Crippen LogP) is 4.12. The number of halogens is 1. The number of likely N-dealkylation sites (tertiary alicyclic amines) is 1. The first kappa shape index (κ1) is 21.9. The standard InChI is InChI=1S/C23H24ClNO5/c1-4-30-18-10-9-16(13-17(18)24)21(26)19-20(15-7-5-14(2)6-8-15)25(11-12-29-3)23(28)22(19)27/h5-10,13,20,26H,4,11-12H2,1-3H3/t20-/m0/s1. The molecule has 2 aromatic rings. The molecule has 1 heterocycles. The molecule has 0 spiro atoms. The first-order valence-corrected chi connectivity index (χ1v) is 10.0. The highest BCUT2D eigenvalue weighted by atomic mass is 35.5. The number of aliphatic hydroxyl groups is 1. The summed E-state index contributed by atoms with van der Waals surface area (Å²) in [6, 6.07) is 11.6. The van der Waals surface area contributed by atoms with Gasteiger partial charge in [-0.05, 0) is 37.6 Å². The van der Waals surface area contributed by atoms with Gasteiger partial charge >= 0.3 is 0 Å². The summed E-state index contributed by atoms with van der Waals surface area (Å²) in [6.45, 7) is 4.73. The number of hydrogen-bond donors (Lipinski definition) is 1. The fourth-order valence-electron chi connectivity index (χ4n) is 3.47. The molecule has 7 heteroatoms. The second kappa shape index (κ2) is 9.32. The molecule has 1 fully saturated rings. The third-order valence-corrected chi connectivity index (χ3v) is 5.27. The van der Waals surface area contributed by atoms with Crippen LogP contribution in [0.5, 0.6) is 5.75 Å². The van der Waals surface area contributed by atoms with Crippen molar-refractivity contribution in [1.29, 1.82) is 0 Å². The second-order valence-corrected chi connectivity index (χ2v) is 7.38. The molecule has 1 aliphatic rings. The first-order valence-electron chi connectivity index (χ1n) is 9.65. The van der Waals surface area contributed by atoms with E-state index in [0.717, 1.165) is 11.1 Å². The van der Waals surface area contributed by atoms with Crippen LogP contribution in [-0.2, 0) is 14.3 Å². The average Bonchev–Trinajstić information content (AvgIpc) is 2.98. The topological polar surface area (TPSA) is 76.1 Å². The lowest BCUT2D eigenvalue weighted by Crippen LogP contribution is -2.32. The zero-order valence-electron chi connectivity index (χ0n) is 17.1. The van der Waals surface area contributed by atoms with Gasteiger partial charge in [0.05, 0.1) is 29.9 Å². The number of aryl methyl sites for hydroxylation is 1. The van der Waals surface area contributed by atoms with Crippen LogP contribution in [0.25, 0.3) is 5.76 Å². The minimum Gasteiger partial charge on any atom is -0.507 e. The van der Waals surface area contributed by atoms with E-state index in [1.165, 1.54) is 18.1 Å². The molecule has 3 rings (SSSR count). The van der Waals surface area contributed by atoms with Gasteiger partial charge in [-0.25, -0.2) is 0 Å². The Balaban J connectivity index is 2.13. The van der Waals surface area contributed by atoms with E-state index in [-0.39, 0.29) is 24.5 Å². The quantitative estimate of drug-likeness (QED) is 0.407. The summed E-state index contributed by atoms with van der Waals surface area (Å²) in [7, 11) is 1.53. The van der Waals surface area contributed by atoms with E-state index in [4.69, 9.17) is 21.1 Å². The second-order valence-electron chi connectivity index (χ2n) is 6.97. The Morgan fingerprint density at radius 1 is 1.17 bits per heavy atom. The Morgan fingerprint density at radius 3 is 2.47 bits per heavy atom. The van der Waals surface area contributed by atoms with Gasteiger partial charge in [0.25, 0.3) is 11.7 Å². The van der Waals surface area contributed by atoms with Gasteiger partial charge in [0.2, 0.25) is 0 Å². The van der Waals surface area contributed by atoms with E-state index in [9.17, 15) is 14.7 Å².